The average molecular weight is 311 g/mol. The molecule has 2 aromatic rings. The Bertz CT molecular complexity index is 686. The van der Waals surface area contributed by atoms with Crippen LogP contribution in [-0.4, -0.2) is 29.4 Å². The summed E-state index contributed by atoms with van der Waals surface area (Å²) in [4.78, 5) is 12.1. The smallest absolute Gasteiger partial charge is 0.387 e. The Kier molecular flexibility index (Phi) is 4.59. The van der Waals surface area contributed by atoms with Gasteiger partial charge in [-0.2, -0.15) is 13.9 Å². The van der Waals surface area contributed by atoms with Crippen molar-refractivity contribution < 1.29 is 23.0 Å². The van der Waals surface area contributed by atoms with E-state index < -0.39 is 6.61 Å². The number of hydrogen-bond acceptors (Lipinski definition) is 4. The Labute approximate surface area is 125 Å². The number of halogens is 2. The zero-order chi connectivity index (χ0) is 16.3. The summed E-state index contributed by atoms with van der Waals surface area (Å²) < 4.78 is 35.3. The highest BCUT2D eigenvalue weighted by atomic mass is 19.3. The standard InChI is InChI=1S/C14H15F2N3O3/c1-8-6-10(19(2)18-8)13(20)17-9-4-5-11(22-14(15)16)12(7-9)21-3/h4-7,14H,1-3H3,(H,17,20). The van der Waals surface area contributed by atoms with E-state index in [1.807, 2.05) is 0 Å². The third-order valence-electron chi connectivity index (χ3n) is 2.87. The second-order valence-electron chi connectivity index (χ2n) is 4.49. The molecule has 0 aliphatic heterocycles. The van der Waals surface area contributed by atoms with Gasteiger partial charge in [0.1, 0.15) is 5.69 Å². The first kappa shape index (κ1) is 15.7. The van der Waals surface area contributed by atoms with Gasteiger partial charge in [-0.25, -0.2) is 0 Å². The Morgan fingerprint density at radius 3 is 2.59 bits per heavy atom. The van der Waals surface area contributed by atoms with Crippen LogP contribution in [-0.2, 0) is 7.05 Å². The van der Waals surface area contributed by atoms with Crippen LogP contribution in [0.2, 0.25) is 0 Å². The maximum Gasteiger partial charge on any atom is 0.387 e. The molecular weight excluding hydrogens is 296 g/mol. The van der Waals surface area contributed by atoms with Gasteiger partial charge in [-0.15, -0.1) is 0 Å². The van der Waals surface area contributed by atoms with Crippen molar-refractivity contribution in [3.05, 3.63) is 35.7 Å². The number of carbonyl (C=O) groups is 1. The highest BCUT2D eigenvalue weighted by molar-refractivity contribution is 6.03. The molecule has 1 N–H and O–H groups in total. The van der Waals surface area contributed by atoms with Crippen molar-refractivity contribution in [1.29, 1.82) is 0 Å². The van der Waals surface area contributed by atoms with Crippen LogP contribution in [0.25, 0.3) is 0 Å². The zero-order valence-corrected chi connectivity index (χ0v) is 12.3. The number of ether oxygens (including phenoxy) is 2. The van der Waals surface area contributed by atoms with Gasteiger partial charge in [0.2, 0.25) is 0 Å². The van der Waals surface area contributed by atoms with Crippen LogP contribution >= 0.6 is 0 Å². The number of alkyl halides is 2. The van der Waals surface area contributed by atoms with Gasteiger partial charge in [0.25, 0.3) is 5.91 Å². The molecule has 0 saturated heterocycles. The topological polar surface area (TPSA) is 65.4 Å². The van der Waals surface area contributed by atoms with Crippen LogP contribution in [0.3, 0.4) is 0 Å². The molecule has 118 valence electrons. The van der Waals surface area contributed by atoms with Crippen molar-refractivity contribution in [3.8, 4) is 11.5 Å². The van der Waals surface area contributed by atoms with Gasteiger partial charge in [0.05, 0.1) is 12.8 Å². The van der Waals surface area contributed by atoms with E-state index in [9.17, 15) is 13.6 Å². The van der Waals surface area contributed by atoms with Crippen LogP contribution in [0.1, 0.15) is 16.2 Å². The summed E-state index contributed by atoms with van der Waals surface area (Å²) in [5.74, 6) is -0.376. The summed E-state index contributed by atoms with van der Waals surface area (Å²) in [6.45, 7) is -1.18. The van der Waals surface area contributed by atoms with E-state index in [1.54, 1.807) is 20.0 Å². The fourth-order valence-electron chi connectivity index (χ4n) is 1.96. The summed E-state index contributed by atoms with van der Waals surface area (Å²) in [6.07, 6.45) is 0. The largest absolute Gasteiger partial charge is 0.493 e. The van der Waals surface area contributed by atoms with E-state index >= 15 is 0 Å². The number of rotatable bonds is 5. The molecule has 8 heteroatoms. The van der Waals surface area contributed by atoms with Crippen LogP contribution in [0, 0.1) is 6.92 Å². The van der Waals surface area contributed by atoms with Crippen LogP contribution < -0.4 is 14.8 Å². The molecule has 0 bridgehead atoms. The number of anilines is 1. The first-order valence-corrected chi connectivity index (χ1v) is 6.35. The maximum absolute atomic E-state index is 12.3. The summed E-state index contributed by atoms with van der Waals surface area (Å²) in [7, 11) is 2.98. The molecule has 2 rings (SSSR count). The lowest BCUT2D eigenvalue weighted by atomic mass is 10.2. The molecule has 1 heterocycles. The number of carbonyl (C=O) groups excluding carboxylic acids is 1. The van der Waals surface area contributed by atoms with E-state index in [-0.39, 0.29) is 17.4 Å². The van der Waals surface area contributed by atoms with E-state index in [4.69, 9.17) is 4.74 Å². The maximum atomic E-state index is 12.3. The second kappa shape index (κ2) is 6.42. The highest BCUT2D eigenvalue weighted by Gasteiger charge is 2.15. The predicted octanol–water partition coefficient (Wildman–Crippen LogP) is 2.59. The molecular formula is C14H15F2N3O3. The number of nitrogens with zero attached hydrogens (tertiary/aromatic N) is 2. The van der Waals surface area contributed by atoms with E-state index in [2.05, 4.69) is 15.2 Å². The molecule has 0 saturated carbocycles. The fraction of sp³-hybridized carbons (Fsp3) is 0.286. The molecule has 0 radical (unpaired) electrons. The number of aryl methyl sites for hydroxylation is 2. The van der Waals surface area contributed by atoms with Crippen LogP contribution in [0.5, 0.6) is 11.5 Å². The predicted molar refractivity (Wildman–Crippen MR) is 75.5 cm³/mol. The number of hydrogen-bond donors (Lipinski definition) is 1. The molecule has 0 atom stereocenters. The first-order valence-electron chi connectivity index (χ1n) is 6.35. The first-order chi connectivity index (χ1) is 10.4. The zero-order valence-electron chi connectivity index (χ0n) is 12.3. The lowest BCUT2D eigenvalue weighted by Gasteiger charge is -2.12. The monoisotopic (exact) mass is 311 g/mol. The number of methoxy groups -OCH3 is 1. The van der Waals surface area contributed by atoms with E-state index in [1.165, 1.54) is 30.0 Å². The molecule has 0 fully saturated rings. The third-order valence-corrected chi connectivity index (χ3v) is 2.87. The SMILES string of the molecule is COc1cc(NC(=O)c2cc(C)nn2C)ccc1OC(F)F. The van der Waals surface area contributed by atoms with Crippen molar-refractivity contribution in [3.63, 3.8) is 0 Å². The molecule has 0 aliphatic carbocycles. The van der Waals surface area contributed by atoms with Crippen LogP contribution in [0.15, 0.2) is 24.3 Å². The summed E-state index contributed by atoms with van der Waals surface area (Å²) >= 11 is 0. The minimum absolute atomic E-state index is 0.0966. The van der Waals surface area contributed by atoms with Crippen molar-refractivity contribution in [2.75, 3.05) is 12.4 Å². The molecule has 1 amide bonds. The van der Waals surface area contributed by atoms with E-state index in [0.29, 0.717) is 17.1 Å². The normalized spacial score (nSPS) is 10.6. The second-order valence-corrected chi connectivity index (χ2v) is 4.49. The fourth-order valence-corrected chi connectivity index (χ4v) is 1.96. The van der Waals surface area contributed by atoms with Gasteiger partial charge < -0.3 is 14.8 Å². The Morgan fingerprint density at radius 2 is 2.05 bits per heavy atom. The van der Waals surface area contributed by atoms with Gasteiger partial charge in [-0.05, 0) is 25.1 Å². The molecule has 0 unspecified atom stereocenters. The van der Waals surface area contributed by atoms with Crippen molar-refractivity contribution in [1.82, 2.24) is 9.78 Å². The van der Waals surface area contributed by atoms with Gasteiger partial charge in [0.15, 0.2) is 11.5 Å². The number of aromatic nitrogens is 2. The number of nitrogens with one attached hydrogen (secondary N) is 1. The average Bonchev–Trinajstić information content (AvgIpc) is 2.79. The van der Waals surface area contributed by atoms with Gasteiger partial charge in [-0.1, -0.05) is 0 Å². The van der Waals surface area contributed by atoms with Gasteiger partial charge >= 0.3 is 6.61 Å². The Morgan fingerprint density at radius 1 is 1.32 bits per heavy atom. The number of amides is 1. The molecule has 6 nitrogen and oxygen atoms in total. The minimum Gasteiger partial charge on any atom is -0.493 e. The molecule has 0 aliphatic rings. The quantitative estimate of drug-likeness (QED) is 0.922. The lowest BCUT2D eigenvalue weighted by Crippen LogP contribution is -2.16. The summed E-state index contributed by atoms with van der Waals surface area (Å²) in [5.41, 5.74) is 1.48. The summed E-state index contributed by atoms with van der Waals surface area (Å²) in [5, 5.41) is 6.73. The Hall–Kier alpha value is -2.64. The molecule has 1 aromatic carbocycles. The minimum atomic E-state index is -2.95. The van der Waals surface area contributed by atoms with Crippen LogP contribution in [0.4, 0.5) is 14.5 Å². The van der Waals surface area contributed by atoms with Crippen molar-refractivity contribution in [2.45, 2.75) is 13.5 Å². The highest BCUT2D eigenvalue weighted by Crippen LogP contribution is 2.31. The van der Waals surface area contributed by atoms with Crippen molar-refractivity contribution in [2.24, 2.45) is 7.05 Å². The molecule has 0 spiro atoms. The number of benzene rings is 1. The molecule has 1 aromatic heterocycles. The van der Waals surface area contributed by atoms with Crippen molar-refractivity contribution >= 4 is 11.6 Å². The third kappa shape index (κ3) is 3.51. The van der Waals surface area contributed by atoms with Gasteiger partial charge in [0, 0.05) is 18.8 Å². The summed E-state index contributed by atoms with van der Waals surface area (Å²) in [6, 6.07) is 5.79. The Balaban J connectivity index is 2.19. The molecule has 22 heavy (non-hydrogen) atoms. The lowest BCUT2D eigenvalue weighted by molar-refractivity contribution is -0.0512. The van der Waals surface area contributed by atoms with E-state index in [0.717, 1.165) is 0 Å². The van der Waals surface area contributed by atoms with Gasteiger partial charge in [-0.3, -0.25) is 9.48 Å².